The summed E-state index contributed by atoms with van der Waals surface area (Å²) in [7, 11) is 0. The first kappa shape index (κ1) is 21.9. The summed E-state index contributed by atoms with van der Waals surface area (Å²) in [4.78, 5) is 10.5. The maximum absolute atomic E-state index is 5.31. The molecule has 0 bridgehead atoms. The monoisotopic (exact) mass is 566 g/mol. The lowest BCUT2D eigenvalue weighted by molar-refractivity contribution is 1.24. The third kappa shape index (κ3) is 3.31. The number of thiophene rings is 1. The Hall–Kier alpha value is -4.12. The van der Waals surface area contributed by atoms with Crippen molar-refractivity contribution < 1.29 is 0 Å². The third-order valence-electron chi connectivity index (χ3n) is 7.32. The molecule has 0 radical (unpaired) electrons. The lowest BCUT2D eigenvalue weighted by Crippen LogP contribution is -1.97. The van der Waals surface area contributed by atoms with E-state index in [-0.39, 0.29) is 0 Å². The number of halogens is 1. The molecule has 178 valence electrons. The highest BCUT2D eigenvalue weighted by Crippen LogP contribution is 2.42. The summed E-state index contributed by atoms with van der Waals surface area (Å²) in [6, 6.07) is 40.8. The summed E-state index contributed by atoms with van der Waals surface area (Å²) in [5.74, 6) is 0.729. The second-order valence-electron chi connectivity index (χ2n) is 9.53. The molecular weight excluding hydrogens is 548 g/mol. The predicted octanol–water partition coefficient (Wildman–Crippen LogP) is 10.4. The van der Waals surface area contributed by atoms with Crippen molar-refractivity contribution >= 4 is 79.9 Å². The van der Waals surface area contributed by atoms with E-state index in [1.165, 1.54) is 30.9 Å². The van der Waals surface area contributed by atoms with Crippen LogP contribution >= 0.6 is 27.3 Å². The van der Waals surface area contributed by atoms with Gasteiger partial charge in [0.25, 0.3) is 0 Å². The average molecular weight is 568 g/mol. The molecule has 0 N–H and O–H groups in total. The Morgan fingerprint density at radius 2 is 1.29 bits per heavy atom. The summed E-state index contributed by atoms with van der Waals surface area (Å²) in [6.07, 6.45) is 0. The summed E-state index contributed by atoms with van der Waals surface area (Å²) in [5, 5.41) is 8.24. The van der Waals surface area contributed by atoms with Gasteiger partial charge in [-0.15, -0.1) is 11.3 Å². The smallest absolute Gasteiger partial charge is 0.160 e. The molecule has 0 spiro atoms. The predicted molar refractivity (Wildman–Crippen MR) is 166 cm³/mol. The van der Waals surface area contributed by atoms with Crippen LogP contribution < -0.4 is 0 Å². The summed E-state index contributed by atoms with van der Waals surface area (Å²) >= 11 is 5.63. The molecule has 0 aliphatic heterocycles. The van der Waals surface area contributed by atoms with Gasteiger partial charge in [0.1, 0.15) is 0 Å². The molecule has 8 aromatic rings. The summed E-state index contributed by atoms with van der Waals surface area (Å²) in [6.45, 7) is 0. The third-order valence-corrected chi connectivity index (χ3v) is 9.11. The molecule has 4 heteroatoms. The van der Waals surface area contributed by atoms with Crippen molar-refractivity contribution in [3.8, 4) is 22.6 Å². The minimum Gasteiger partial charge on any atom is -0.227 e. The topological polar surface area (TPSA) is 25.8 Å². The molecule has 2 heterocycles. The van der Waals surface area contributed by atoms with Gasteiger partial charge >= 0.3 is 0 Å². The molecule has 0 aliphatic carbocycles. The van der Waals surface area contributed by atoms with Crippen molar-refractivity contribution in [1.29, 1.82) is 0 Å². The van der Waals surface area contributed by atoms with Crippen molar-refractivity contribution in [1.82, 2.24) is 9.97 Å². The van der Waals surface area contributed by atoms with Crippen molar-refractivity contribution in [3.63, 3.8) is 0 Å². The van der Waals surface area contributed by atoms with E-state index in [0.29, 0.717) is 0 Å². The molecule has 0 unspecified atom stereocenters. The van der Waals surface area contributed by atoms with Crippen LogP contribution in [0.2, 0.25) is 0 Å². The quantitative estimate of drug-likeness (QED) is 0.194. The Bertz CT molecular complexity index is 2210. The van der Waals surface area contributed by atoms with E-state index in [1.54, 1.807) is 0 Å². The van der Waals surface area contributed by atoms with Gasteiger partial charge in [0.05, 0.1) is 11.2 Å². The molecule has 6 aromatic carbocycles. The van der Waals surface area contributed by atoms with Gasteiger partial charge in [-0.3, -0.25) is 0 Å². The van der Waals surface area contributed by atoms with Gasteiger partial charge in [0.15, 0.2) is 5.82 Å². The normalized spacial score (nSPS) is 11.8. The second kappa shape index (κ2) is 8.45. The number of benzene rings is 6. The van der Waals surface area contributed by atoms with Gasteiger partial charge in [-0.05, 0) is 46.5 Å². The first-order valence-electron chi connectivity index (χ1n) is 12.5. The van der Waals surface area contributed by atoms with Gasteiger partial charge < -0.3 is 0 Å². The highest BCUT2D eigenvalue weighted by Gasteiger charge is 2.18. The van der Waals surface area contributed by atoms with Crippen LogP contribution in [0.4, 0.5) is 0 Å². The molecule has 0 fully saturated rings. The highest BCUT2D eigenvalue weighted by molar-refractivity contribution is 9.10. The first-order valence-corrected chi connectivity index (χ1v) is 14.1. The fourth-order valence-corrected chi connectivity index (χ4v) is 7.30. The standard InChI is InChI=1S/C34H19BrN2S/c35-28-19-22(18-21-9-2-3-10-23(21)28)34-36-32-24-11-4-1-8-20(24)16-17-27(32)33(37-34)26-13-7-15-30-31(26)25-12-5-6-14-29(25)38-30/h1-19H. The lowest BCUT2D eigenvalue weighted by atomic mass is 9.98. The fourth-order valence-electron chi connectivity index (χ4n) is 5.56. The van der Waals surface area contributed by atoms with Gasteiger partial charge in [-0.2, -0.15) is 0 Å². The number of aromatic nitrogens is 2. The SMILES string of the molecule is Brc1cc(-c2nc(-c3cccc4sc5ccccc5c34)c3ccc4ccccc4c3n2)cc2ccccc12. The first-order chi connectivity index (χ1) is 18.7. The van der Waals surface area contributed by atoms with Gasteiger partial charge in [-0.1, -0.05) is 101 Å². The van der Waals surface area contributed by atoms with E-state index in [1.807, 2.05) is 11.3 Å². The van der Waals surface area contributed by atoms with E-state index >= 15 is 0 Å². The number of rotatable bonds is 2. The van der Waals surface area contributed by atoms with Crippen molar-refractivity contribution in [2.75, 3.05) is 0 Å². The van der Waals surface area contributed by atoms with Crippen LogP contribution in [-0.4, -0.2) is 9.97 Å². The molecular formula is C34H19BrN2S. The molecule has 0 saturated carbocycles. The maximum Gasteiger partial charge on any atom is 0.160 e. The zero-order chi connectivity index (χ0) is 25.2. The Morgan fingerprint density at radius 3 is 2.18 bits per heavy atom. The van der Waals surface area contributed by atoms with E-state index < -0.39 is 0 Å². The van der Waals surface area contributed by atoms with Crippen LogP contribution in [0.1, 0.15) is 0 Å². The van der Waals surface area contributed by atoms with E-state index in [0.717, 1.165) is 48.8 Å². The van der Waals surface area contributed by atoms with Crippen molar-refractivity contribution in [3.05, 3.63) is 120 Å². The van der Waals surface area contributed by atoms with Crippen LogP contribution in [0.5, 0.6) is 0 Å². The van der Waals surface area contributed by atoms with Crippen LogP contribution in [-0.2, 0) is 0 Å². The van der Waals surface area contributed by atoms with Crippen molar-refractivity contribution in [2.24, 2.45) is 0 Å². The molecule has 0 saturated heterocycles. The fraction of sp³-hybridized carbons (Fsp3) is 0. The van der Waals surface area contributed by atoms with Crippen LogP contribution in [0.3, 0.4) is 0 Å². The number of fused-ring (bicyclic) bond motifs is 7. The molecule has 0 amide bonds. The van der Waals surface area contributed by atoms with Crippen LogP contribution in [0.15, 0.2) is 120 Å². The minimum absolute atomic E-state index is 0.729. The highest BCUT2D eigenvalue weighted by atomic mass is 79.9. The van der Waals surface area contributed by atoms with Gasteiger partial charge in [0.2, 0.25) is 0 Å². The van der Waals surface area contributed by atoms with E-state index in [2.05, 4.69) is 131 Å². The summed E-state index contributed by atoms with van der Waals surface area (Å²) in [5.41, 5.74) is 4.08. The van der Waals surface area contributed by atoms with Crippen LogP contribution in [0, 0.1) is 0 Å². The molecule has 38 heavy (non-hydrogen) atoms. The average Bonchev–Trinajstić information content (AvgIpc) is 3.35. The largest absolute Gasteiger partial charge is 0.227 e. The van der Waals surface area contributed by atoms with E-state index in [9.17, 15) is 0 Å². The molecule has 2 aromatic heterocycles. The Balaban J connectivity index is 1.52. The Morgan fingerprint density at radius 1 is 0.553 bits per heavy atom. The molecule has 0 aliphatic rings. The molecule has 8 rings (SSSR count). The summed E-state index contributed by atoms with van der Waals surface area (Å²) < 4.78 is 3.60. The molecule has 0 atom stereocenters. The number of nitrogens with zero attached hydrogens (tertiary/aromatic N) is 2. The zero-order valence-corrected chi connectivity index (χ0v) is 22.6. The van der Waals surface area contributed by atoms with Gasteiger partial charge in [-0.25, -0.2) is 9.97 Å². The maximum atomic E-state index is 5.31. The van der Waals surface area contributed by atoms with Crippen LogP contribution in [0.25, 0.3) is 75.3 Å². The number of hydrogen-bond acceptors (Lipinski definition) is 3. The Labute approximate surface area is 231 Å². The second-order valence-corrected chi connectivity index (χ2v) is 11.5. The van der Waals surface area contributed by atoms with Crippen molar-refractivity contribution in [2.45, 2.75) is 0 Å². The molecule has 2 nitrogen and oxygen atoms in total. The van der Waals surface area contributed by atoms with E-state index in [4.69, 9.17) is 9.97 Å². The lowest BCUT2D eigenvalue weighted by Gasteiger charge is -2.13. The minimum atomic E-state index is 0.729. The Kier molecular flexibility index (Phi) is 4.87. The number of hydrogen-bond donors (Lipinski definition) is 0. The van der Waals surface area contributed by atoms with Gasteiger partial charge in [0, 0.05) is 46.5 Å². The zero-order valence-electron chi connectivity index (χ0n) is 20.2.